The highest BCUT2D eigenvalue weighted by molar-refractivity contribution is 5.96. The fraction of sp³-hybridized carbons (Fsp3) is 0.214. The molecule has 2 heterocycles. The van der Waals surface area contributed by atoms with E-state index in [2.05, 4.69) is 10.3 Å². The minimum atomic E-state index is -4.97. The first kappa shape index (κ1) is 27.0. The Morgan fingerprint density at radius 3 is 2.08 bits per heavy atom. The van der Waals surface area contributed by atoms with Gasteiger partial charge in [-0.05, 0) is 71.7 Å². The second kappa shape index (κ2) is 10.00. The van der Waals surface area contributed by atoms with Gasteiger partial charge in [0.1, 0.15) is 5.54 Å². The normalized spacial score (nSPS) is 17.5. The number of nitrogens with one attached hydrogen (secondary N) is 1. The summed E-state index contributed by atoms with van der Waals surface area (Å²) < 4.78 is 79.4. The van der Waals surface area contributed by atoms with Crippen molar-refractivity contribution in [3.8, 4) is 0 Å². The number of halogens is 6. The van der Waals surface area contributed by atoms with Crippen molar-refractivity contribution >= 4 is 5.91 Å². The van der Waals surface area contributed by atoms with Crippen LogP contribution in [0.2, 0.25) is 0 Å². The maximum absolute atomic E-state index is 13.2. The predicted octanol–water partition coefficient (Wildman–Crippen LogP) is 6.37. The van der Waals surface area contributed by atoms with Gasteiger partial charge in [0.05, 0.1) is 16.7 Å². The standard InChI is InChI=1S/C28H23F6N3O/c1-18-5-3-4-6-24(18)26(21-8-11-35-12-9-21)10-7-20(16-36-26)25(38)37(2)17-19-13-22(27(29,30)31)15-23(14-19)28(32,33)34/h3-16,36H,17H2,1-2H3. The van der Waals surface area contributed by atoms with Crippen LogP contribution in [0.5, 0.6) is 0 Å². The number of likely N-dealkylation sites (N-methyl/N-ethyl adjacent to an activating group) is 1. The Morgan fingerprint density at radius 2 is 1.55 bits per heavy atom. The molecule has 0 aliphatic carbocycles. The van der Waals surface area contributed by atoms with Crippen molar-refractivity contribution in [3.05, 3.63) is 124 Å². The van der Waals surface area contributed by atoms with E-state index in [1.165, 1.54) is 13.2 Å². The van der Waals surface area contributed by atoms with E-state index in [0.717, 1.165) is 21.6 Å². The molecule has 0 fully saturated rings. The van der Waals surface area contributed by atoms with Crippen LogP contribution in [0.3, 0.4) is 0 Å². The number of nitrogens with zero attached hydrogens (tertiary/aromatic N) is 2. The quantitative estimate of drug-likeness (QED) is 0.389. The minimum Gasteiger partial charge on any atom is -0.374 e. The summed E-state index contributed by atoms with van der Waals surface area (Å²) in [7, 11) is 1.32. The van der Waals surface area contributed by atoms with E-state index in [1.54, 1.807) is 24.5 Å². The summed E-state index contributed by atoms with van der Waals surface area (Å²) >= 11 is 0. The van der Waals surface area contributed by atoms with E-state index in [-0.39, 0.29) is 17.2 Å². The van der Waals surface area contributed by atoms with Crippen molar-refractivity contribution in [3.63, 3.8) is 0 Å². The van der Waals surface area contributed by atoms with Gasteiger partial charge in [0.25, 0.3) is 5.91 Å². The van der Waals surface area contributed by atoms with E-state index in [9.17, 15) is 31.1 Å². The molecule has 3 aromatic rings. The van der Waals surface area contributed by atoms with Gasteiger partial charge in [-0.15, -0.1) is 0 Å². The van der Waals surface area contributed by atoms with Crippen LogP contribution in [0.25, 0.3) is 0 Å². The van der Waals surface area contributed by atoms with Gasteiger partial charge < -0.3 is 10.2 Å². The zero-order valence-electron chi connectivity index (χ0n) is 20.4. The first-order chi connectivity index (χ1) is 17.8. The fourth-order valence-electron chi connectivity index (χ4n) is 4.45. The molecule has 0 saturated carbocycles. The van der Waals surface area contributed by atoms with E-state index in [4.69, 9.17) is 0 Å². The average Bonchev–Trinajstić information content (AvgIpc) is 2.88. The van der Waals surface area contributed by atoms with Gasteiger partial charge in [0, 0.05) is 32.2 Å². The molecule has 4 rings (SSSR count). The van der Waals surface area contributed by atoms with Crippen molar-refractivity contribution in [2.24, 2.45) is 0 Å². The fourth-order valence-corrected chi connectivity index (χ4v) is 4.45. The van der Waals surface area contributed by atoms with Gasteiger partial charge in [0.2, 0.25) is 0 Å². The first-order valence-corrected chi connectivity index (χ1v) is 11.5. The Kier molecular flexibility index (Phi) is 7.10. The van der Waals surface area contributed by atoms with Crippen molar-refractivity contribution in [2.45, 2.75) is 31.4 Å². The highest BCUT2D eigenvalue weighted by Gasteiger charge is 2.38. The number of carbonyl (C=O) groups is 1. The molecule has 0 saturated heterocycles. The highest BCUT2D eigenvalue weighted by Crippen LogP contribution is 2.38. The Labute approximate surface area is 215 Å². The molecular weight excluding hydrogens is 508 g/mol. The summed E-state index contributed by atoms with van der Waals surface area (Å²) in [5, 5.41) is 3.29. The Morgan fingerprint density at radius 1 is 0.947 bits per heavy atom. The van der Waals surface area contributed by atoms with E-state index in [0.29, 0.717) is 12.1 Å². The van der Waals surface area contributed by atoms with E-state index < -0.39 is 41.5 Å². The van der Waals surface area contributed by atoms with Crippen LogP contribution in [0.15, 0.2) is 90.9 Å². The number of benzene rings is 2. The van der Waals surface area contributed by atoms with Crippen LogP contribution in [-0.4, -0.2) is 22.8 Å². The van der Waals surface area contributed by atoms with E-state index >= 15 is 0 Å². The average molecular weight is 532 g/mol. The molecule has 2 aromatic carbocycles. The SMILES string of the molecule is Cc1ccccc1C1(c2ccncc2)C=CC(C(=O)N(C)Cc2cc(C(F)(F)F)cc(C(F)(F)F)c2)=CN1. The lowest BCUT2D eigenvalue weighted by molar-refractivity contribution is -0.143. The molecule has 1 aromatic heterocycles. The van der Waals surface area contributed by atoms with Gasteiger partial charge in [-0.2, -0.15) is 26.3 Å². The number of rotatable bonds is 5. The van der Waals surface area contributed by atoms with Crippen molar-refractivity contribution < 1.29 is 31.1 Å². The summed E-state index contributed by atoms with van der Waals surface area (Å²) in [4.78, 5) is 18.3. The Hall–Kier alpha value is -4.08. The van der Waals surface area contributed by atoms with Crippen LogP contribution in [0.1, 0.15) is 33.4 Å². The number of aromatic nitrogens is 1. The number of alkyl halides is 6. The van der Waals surface area contributed by atoms with Crippen LogP contribution < -0.4 is 5.32 Å². The summed E-state index contributed by atoms with van der Waals surface area (Å²) in [5.41, 5.74) is -0.994. The number of hydrogen-bond acceptors (Lipinski definition) is 3. The first-order valence-electron chi connectivity index (χ1n) is 11.5. The lowest BCUT2D eigenvalue weighted by atomic mass is 9.79. The third kappa shape index (κ3) is 5.44. The summed E-state index contributed by atoms with van der Waals surface area (Å²) in [6, 6.07) is 12.7. The molecule has 1 amide bonds. The lowest BCUT2D eigenvalue weighted by Gasteiger charge is -2.36. The smallest absolute Gasteiger partial charge is 0.374 e. The maximum Gasteiger partial charge on any atom is 0.416 e. The monoisotopic (exact) mass is 531 g/mol. The lowest BCUT2D eigenvalue weighted by Crippen LogP contribution is -2.42. The molecule has 1 unspecified atom stereocenters. The Balaban J connectivity index is 1.61. The van der Waals surface area contributed by atoms with Gasteiger partial charge in [-0.3, -0.25) is 9.78 Å². The number of hydrogen-bond donors (Lipinski definition) is 1. The molecule has 38 heavy (non-hydrogen) atoms. The number of pyridine rings is 1. The third-order valence-electron chi connectivity index (χ3n) is 6.33. The van der Waals surface area contributed by atoms with Crippen molar-refractivity contribution in [1.29, 1.82) is 0 Å². The second-order valence-electron chi connectivity index (χ2n) is 9.01. The zero-order valence-corrected chi connectivity index (χ0v) is 20.4. The predicted molar refractivity (Wildman–Crippen MR) is 129 cm³/mol. The van der Waals surface area contributed by atoms with Crippen LogP contribution in [0.4, 0.5) is 26.3 Å². The molecule has 0 spiro atoms. The summed E-state index contributed by atoms with van der Waals surface area (Å²) in [6.45, 7) is 1.50. The number of dihydropyridines is 1. The van der Waals surface area contributed by atoms with Crippen molar-refractivity contribution in [2.75, 3.05) is 7.05 Å². The molecule has 198 valence electrons. The number of amides is 1. The van der Waals surface area contributed by atoms with Crippen LogP contribution in [0, 0.1) is 6.92 Å². The zero-order chi connectivity index (χ0) is 27.7. The molecule has 10 heteroatoms. The molecule has 1 aliphatic heterocycles. The molecule has 1 atom stereocenters. The molecule has 4 nitrogen and oxygen atoms in total. The van der Waals surface area contributed by atoms with Crippen LogP contribution in [-0.2, 0) is 29.2 Å². The Bertz CT molecular complexity index is 1360. The summed E-state index contributed by atoms with van der Waals surface area (Å²) in [6.07, 6.45) is -1.75. The highest BCUT2D eigenvalue weighted by atomic mass is 19.4. The minimum absolute atomic E-state index is 0.0614. The molecular formula is C28H23F6N3O. The number of carbonyl (C=O) groups excluding carboxylic acids is 1. The van der Waals surface area contributed by atoms with Crippen molar-refractivity contribution in [1.82, 2.24) is 15.2 Å². The summed E-state index contributed by atoms with van der Waals surface area (Å²) in [5.74, 6) is -0.576. The molecule has 0 radical (unpaired) electrons. The van der Waals surface area contributed by atoms with Gasteiger partial charge >= 0.3 is 12.4 Å². The second-order valence-corrected chi connectivity index (χ2v) is 9.01. The molecule has 1 aliphatic rings. The van der Waals surface area contributed by atoms with E-state index in [1.807, 2.05) is 43.3 Å². The topological polar surface area (TPSA) is 45.2 Å². The molecule has 0 bridgehead atoms. The number of aryl methyl sites for hydroxylation is 1. The largest absolute Gasteiger partial charge is 0.416 e. The maximum atomic E-state index is 13.2. The molecule has 1 N–H and O–H groups in total. The third-order valence-corrected chi connectivity index (χ3v) is 6.33. The van der Waals surface area contributed by atoms with Gasteiger partial charge in [0.15, 0.2) is 0 Å². The van der Waals surface area contributed by atoms with Gasteiger partial charge in [-0.1, -0.05) is 24.3 Å². The van der Waals surface area contributed by atoms with Crippen LogP contribution >= 0.6 is 0 Å². The van der Waals surface area contributed by atoms with Gasteiger partial charge in [-0.25, -0.2) is 0 Å².